The number of hydrogen-bond acceptors (Lipinski definition) is 5. The maximum absolute atomic E-state index is 12.9. The summed E-state index contributed by atoms with van der Waals surface area (Å²) in [7, 11) is 0. The molecule has 2 saturated heterocycles. The van der Waals surface area contributed by atoms with Gasteiger partial charge in [-0.15, -0.1) is 0 Å². The Morgan fingerprint density at radius 2 is 1.85 bits per heavy atom. The highest BCUT2D eigenvalue weighted by Gasteiger charge is 2.41. The molecule has 2 heterocycles. The number of aryl methyl sites for hydroxylation is 1. The third-order valence-corrected chi connectivity index (χ3v) is 6.97. The predicted octanol–water partition coefficient (Wildman–Crippen LogP) is 3.35. The van der Waals surface area contributed by atoms with Gasteiger partial charge in [0.25, 0.3) is 0 Å². The number of nitrogens with one attached hydrogen (secondary N) is 1. The molecule has 2 aliphatic rings. The lowest BCUT2D eigenvalue weighted by atomic mass is 9.88. The van der Waals surface area contributed by atoms with Crippen molar-refractivity contribution in [2.24, 2.45) is 5.41 Å². The number of phenols is 1. The number of benzene rings is 2. The molecule has 2 fully saturated rings. The van der Waals surface area contributed by atoms with Crippen LogP contribution >= 0.6 is 11.6 Å². The first-order valence-corrected chi connectivity index (χ1v) is 11.7. The number of nitrogens with zero attached hydrogens (tertiary/aromatic N) is 3. The van der Waals surface area contributed by atoms with E-state index in [1.165, 1.54) is 23.4 Å². The number of halogens is 1. The number of hydrogen-bond donors (Lipinski definition) is 2. The monoisotopic (exact) mass is 470 g/mol. The lowest BCUT2D eigenvalue weighted by molar-refractivity contribution is -0.133. The van der Waals surface area contributed by atoms with E-state index in [9.17, 15) is 14.7 Å². The number of rotatable bonds is 5. The number of amides is 2. The van der Waals surface area contributed by atoms with E-state index in [2.05, 4.69) is 46.3 Å². The largest absolute Gasteiger partial charge is 0.506 e. The van der Waals surface area contributed by atoms with Crippen molar-refractivity contribution in [1.29, 1.82) is 0 Å². The van der Waals surface area contributed by atoms with Gasteiger partial charge in [-0.3, -0.25) is 14.5 Å². The van der Waals surface area contributed by atoms with E-state index in [1.54, 1.807) is 6.07 Å². The van der Waals surface area contributed by atoms with E-state index in [1.807, 2.05) is 11.8 Å². The van der Waals surface area contributed by atoms with E-state index in [-0.39, 0.29) is 22.6 Å². The van der Waals surface area contributed by atoms with Crippen LogP contribution in [0, 0.1) is 12.3 Å². The molecule has 8 heteroatoms. The lowest BCUT2D eigenvalue weighted by Crippen LogP contribution is -2.51. The van der Waals surface area contributed by atoms with Crippen molar-refractivity contribution < 1.29 is 14.7 Å². The smallest absolute Gasteiger partial charge is 0.236 e. The van der Waals surface area contributed by atoms with Crippen LogP contribution in [0.1, 0.15) is 18.9 Å². The van der Waals surface area contributed by atoms with Crippen LogP contribution in [-0.2, 0) is 9.59 Å². The lowest BCUT2D eigenvalue weighted by Gasteiger charge is -2.37. The van der Waals surface area contributed by atoms with Gasteiger partial charge in [-0.05, 0) is 62.7 Å². The van der Waals surface area contributed by atoms with E-state index in [4.69, 9.17) is 11.6 Å². The Balaban J connectivity index is 1.27. The van der Waals surface area contributed by atoms with Gasteiger partial charge in [-0.2, -0.15) is 0 Å². The molecular weight excluding hydrogens is 440 g/mol. The Hall–Kier alpha value is -2.77. The Morgan fingerprint density at radius 3 is 2.55 bits per heavy atom. The van der Waals surface area contributed by atoms with E-state index < -0.39 is 5.41 Å². The van der Waals surface area contributed by atoms with E-state index in [0.29, 0.717) is 44.8 Å². The van der Waals surface area contributed by atoms with Crippen LogP contribution in [-0.4, -0.2) is 72.5 Å². The quantitative estimate of drug-likeness (QED) is 0.655. The average molecular weight is 471 g/mol. The van der Waals surface area contributed by atoms with Crippen LogP contribution in [0.4, 0.5) is 11.4 Å². The molecule has 7 nitrogen and oxygen atoms in total. The summed E-state index contributed by atoms with van der Waals surface area (Å²) in [6.45, 7) is 8.64. The Kier molecular flexibility index (Phi) is 6.81. The summed E-state index contributed by atoms with van der Waals surface area (Å²) in [4.78, 5) is 32.2. The Morgan fingerprint density at radius 1 is 1.09 bits per heavy atom. The molecule has 176 valence electrons. The van der Waals surface area contributed by atoms with Crippen LogP contribution in [0.5, 0.6) is 5.75 Å². The fourth-order valence-corrected chi connectivity index (χ4v) is 4.75. The highest BCUT2D eigenvalue weighted by atomic mass is 35.5. The second kappa shape index (κ2) is 9.61. The maximum atomic E-state index is 12.9. The third-order valence-electron chi connectivity index (χ3n) is 6.66. The van der Waals surface area contributed by atoms with Gasteiger partial charge in [0.05, 0.1) is 17.0 Å². The molecule has 0 radical (unpaired) electrons. The van der Waals surface area contributed by atoms with Crippen molar-refractivity contribution in [2.75, 3.05) is 56.0 Å². The fourth-order valence-electron chi connectivity index (χ4n) is 4.57. The predicted molar refractivity (Wildman–Crippen MR) is 131 cm³/mol. The number of carbonyl (C=O) groups is 2. The molecule has 2 amide bonds. The van der Waals surface area contributed by atoms with Crippen LogP contribution in [0.15, 0.2) is 42.5 Å². The molecule has 2 N–H and O–H groups in total. The maximum Gasteiger partial charge on any atom is 0.236 e. The zero-order valence-electron chi connectivity index (χ0n) is 19.2. The molecule has 2 aromatic rings. The molecule has 4 rings (SSSR count). The Labute approximate surface area is 199 Å². The summed E-state index contributed by atoms with van der Waals surface area (Å²) in [6, 6.07) is 13.1. The van der Waals surface area contributed by atoms with Crippen molar-refractivity contribution in [3.63, 3.8) is 0 Å². The second-order valence-electron chi connectivity index (χ2n) is 9.35. The number of piperazine rings is 1. The minimum atomic E-state index is -0.589. The minimum absolute atomic E-state index is 0.0221. The molecule has 2 aliphatic heterocycles. The minimum Gasteiger partial charge on any atom is -0.506 e. The summed E-state index contributed by atoms with van der Waals surface area (Å²) in [5.74, 6) is -0.00834. The molecule has 0 aliphatic carbocycles. The molecular formula is C25H31ClN4O3. The number of likely N-dealkylation sites (tertiary alicyclic amines) is 1. The first-order chi connectivity index (χ1) is 15.7. The van der Waals surface area contributed by atoms with Crippen molar-refractivity contribution in [3.05, 3.63) is 53.1 Å². The third kappa shape index (κ3) is 5.42. The Bertz CT molecular complexity index is 1040. The van der Waals surface area contributed by atoms with Gasteiger partial charge < -0.3 is 20.2 Å². The number of carbonyl (C=O) groups excluding carboxylic acids is 2. The van der Waals surface area contributed by atoms with Gasteiger partial charge in [0.15, 0.2) is 0 Å². The molecule has 0 bridgehead atoms. The highest BCUT2D eigenvalue weighted by Crippen LogP contribution is 2.33. The highest BCUT2D eigenvalue weighted by molar-refractivity contribution is 6.32. The summed E-state index contributed by atoms with van der Waals surface area (Å²) in [5, 5.41) is 12.6. The van der Waals surface area contributed by atoms with E-state index in [0.717, 1.165) is 13.1 Å². The summed E-state index contributed by atoms with van der Waals surface area (Å²) in [6.07, 6.45) is 0.680. The molecule has 0 saturated carbocycles. The van der Waals surface area contributed by atoms with E-state index >= 15 is 0 Å². The first kappa shape index (κ1) is 23.4. The second-order valence-corrected chi connectivity index (χ2v) is 9.76. The van der Waals surface area contributed by atoms with Gasteiger partial charge in [-0.1, -0.05) is 23.7 Å². The van der Waals surface area contributed by atoms with Gasteiger partial charge >= 0.3 is 0 Å². The van der Waals surface area contributed by atoms with Crippen molar-refractivity contribution in [3.8, 4) is 5.75 Å². The summed E-state index contributed by atoms with van der Waals surface area (Å²) in [5.41, 5.74) is 2.40. The molecule has 1 atom stereocenters. The SMILES string of the molecule is Cc1cccc(N2CCN(C(=O)CN3CCC(C)(C(=O)Nc4ccc(O)c(Cl)c4)C3)CC2)c1. The molecule has 0 aromatic heterocycles. The van der Waals surface area contributed by atoms with Crippen molar-refractivity contribution in [1.82, 2.24) is 9.80 Å². The topological polar surface area (TPSA) is 76.1 Å². The molecule has 1 unspecified atom stereocenters. The van der Waals surface area contributed by atoms with Crippen LogP contribution in [0.2, 0.25) is 5.02 Å². The van der Waals surface area contributed by atoms with Crippen molar-refractivity contribution >= 4 is 34.8 Å². The van der Waals surface area contributed by atoms with Gasteiger partial charge in [0.2, 0.25) is 11.8 Å². The number of anilines is 2. The van der Waals surface area contributed by atoms with Crippen molar-refractivity contribution in [2.45, 2.75) is 20.3 Å². The van der Waals surface area contributed by atoms with Gasteiger partial charge in [0.1, 0.15) is 5.75 Å². The average Bonchev–Trinajstić information content (AvgIpc) is 3.18. The van der Waals surface area contributed by atoms with Gasteiger partial charge in [-0.25, -0.2) is 0 Å². The summed E-state index contributed by atoms with van der Waals surface area (Å²) < 4.78 is 0. The molecule has 0 spiro atoms. The van der Waals surface area contributed by atoms with Crippen LogP contribution < -0.4 is 10.2 Å². The van der Waals surface area contributed by atoms with Crippen LogP contribution in [0.3, 0.4) is 0 Å². The first-order valence-electron chi connectivity index (χ1n) is 11.4. The zero-order valence-corrected chi connectivity index (χ0v) is 19.9. The molecule has 33 heavy (non-hydrogen) atoms. The standard InChI is InChI=1S/C25H31ClN4O3/c1-18-4-3-5-20(14-18)29-10-12-30(13-11-29)23(32)16-28-9-8-25(2,17-28)24(33)27-19-6-7-22(31)21(26)15-19/h3-7,14-15,31H,8-13,16-17H2,1-2H3,(H,27,33). The van der Waals surface area contributed by atoms with Crippen LogP contribution in [0.25, 0.3) is 0 Å². The zero-order chi connectivity index (χ0) is 23.6. The fraction of sp³-hybridized carbons (Fsp3) is 0.440. The normalized spacial score (nSPS) is 21.3. The molecule has 2 aromatic carbocycles. The number of aromatic hydroxyl groups is 1. The van der Waals surface area contributed by atoms with Gasteiger partial charge in [0, 0.05) is 44.1 Å². The summed E-state index contributed by atoms with van der Waals surface area (Å²) >= 11 is 5.94. The number of phenolic OH excluding ortho intramolecular Hbond substituents is 1.